The summed E-state index contributed by atoms with van der Waals surface area (Å²) in [6, 6.07) is 1.13. The molecule has 1 saturated heterocycles. The first kappa shape index (κ1) is 20.1. The topological polar surface area (TPSA) is 132 Å². The summed E-state index contributed by atoms with van der Waals surface area (Å²) in [7, 11) is 1.44. The molecule has 0 radical (unpaired) electrons. The van der Waals surface area contributed by atoms with Gasteiger partial charge in [0.2, 0.25) is 5.43 Å². The number of halogens is 1. The number of anilines is 1. The van der Waals surface area contributed by atoms with Crippen LogP contribution in [0.1, 0.15) is 25.8 Å². The Morgan fingerprint density at radius 1 is 1.50 bits per heavy atom. The molecule has 2 fully saturated rings. The van der Waals surface area contributed by atoms with Gasteiger partial charge in [-0.2, -0.15) is 0 Å². The van der Waals surface area contributed by atoms with E-state index in [-0.39, 0.29) is 35.2 Å². The van der Waals surface area contributed by atoms with Crippen molar-refractivity contribution < 1.29 is 23.9 Å². The molecular weight excluding hydrogens is 397 g/mol. The van der Waals surface area contributed by atoms with Crippen molar-refractivity contribution in [2.24, 2.45) is 16.3 Å². The number of ether oxygens (including phenoxy) is 1. The average molecular weight is 419 g/mol. The van der Waals surface area contributed by atoms with Crippen LogP contribution in [0.4, 0.5) is 15.0 Å². The van der Waals surface area contributed by atoms with Gasteiger partial charge in [0.15, 0.2) is 17.4 Å². The van der Waals surface area contributed by atoms with Crippen LogP contribution < -0.4 is 20.8 Å². The van der Waals surface area contributed by atoms with Crippen molar-refractivity contribution in [3.8, 4) is 5.75 Å². The van der Waals surface area contributed by atoms with Gasteiger partial charge in [0, 0.05) is 24.5 Å². The zero-order chi connectivity index (χ0) is 21.6. The van der Waals surface area contributed by atoms with Gasteiger partial charge >= 0.3 is 6.16 Å². The van der Waals surface area contributed by atoms with Crippen LogP contribution in [0.3, 0.4) is 0 Å². The van der Waals surface area contributed by atoms with E-state index in [0.29, 0.717) is 18.8 Å². The summed E-state index contributed by atoms with van der Waals surface area (Å²) in [4.78, 5) is 34.7. The first-order chi connectivity index (χ1) is 14.3. The number of pyridine rings is 2. The lowest BCUT2D eigenvalue weighted by atomic mass is 9.88. The number of nitrogens with two attached hydrogens (primary N) is 1. The second-order valence-corrected chi connectivity index (χ2v) is 7.84. The molecule has 30 heavy (non-hydrogen) atoms. The third kappa shape index (κ3) is 3.34. The van der Waals surface area contributed by atoms with Crippen LogP contribution in [0, 0.1) is 11.2 Å². The van der Waals surface area contributed by atoms with Crippen molar-refractivity contribution in [2.75, 3.05) is 31.6 Å². The van der Waals surface area contributed by atoms with Crippen LogP contribution in [0.15, 0.2) is 22.2 Å². The molecule has 1 saturated carbocycles. The summed E-state index contributed by atoms with van der Waals surface area (Å²) >= 11 is 0. The molecule has 3 heterocycles. The summed E-state index contributed by atoms with van der Waals surface area (Å²) in [6.45, 7) is 2.88. The minimum absolute atomic E-state index is 0.0338. The molecule has 2 aromatic rings. The number of nitrogens with zero attached hydrogens (tertiary/aromatic N) is 4. The number of oxime groups is 1. The average Bonchev–Trinajstić information content (AvgIpc) is 3.48. The summed E-state index contributed by atoms with van der Waals surface area (Å²) in [5.41, 5.74) is 5.65. The van der Waals surface area contributed by atoms with Crippen LogP contribution in [-0.4, -0.2) is 53.3 Å². The first-order valence-electron chi connectivity index (χ1n) is 9.49. The smallest absolute Gasteiger partial charge is 0.449 e. The van der Waals surface area contributed by atoms with E-state index in [9.17, 15) is 9.59 Å². The second-order valence-electron chi connectivity index (χ2n) is 7.84. The Morgan fingerprint density at radius 3 is 2.83 bits per heavy atom. The van der Waals surface area contributed by atoms with Gasteiger partial charge in [-0.1, -0.05) is 12.1 Å². The first-order valence-corrected chi connectivity index (χ1v) is 9.49. The van der Waals surface area contributed by atoms with E-state index >= 15 is 4.39 Å². The molecule has 2 aliphatic rings. The molecule has 4 rings (SSSR count). The number of aromatic nitrogens is 2. The fourth-order valence-electron chi connectivity index (χ4n) is 3.75. The third-order valence-corrected chi connectivity index (χ3v) is 5.57. The molecule has 10 nitrogen and oxygen atoms in total. The Bertz CT molecular complexity index is 1110. The number of fused-ring (bicyclic) bond motifs is 1. The Balaban J connectivity index is 1.85. The minimum atomic E-state index is -1.61. The molecule has 3 N–H and O–H groups in total. The highest BCUT2D eigenvalue weighted by molar-refractivity contribution is 5.97. The van der Waals surface area contributed by atoms with Crippen molar-refractivity contribution in [1.82, 2.24) is 9.55 Å². The summed E-state index contributed by atoms with van der Waals surface area (Å²) in [5, 5.41) is 12.9. The molecule has 0 unspecified atom stereocenters. The van der Waals surface area contributed by atoms with Gasteiger partial charge in [-0.05, 0) is 18.9 Å². The Morgan fingerprint density at radius 2 is 2.23 bits per heavy atom. The standard InChI is InChI=1S/C19H22FN5O5/c1-19(8-21)9-24(7-14(19)23-29-2)17-12(20)5-11-15(26)13(30-18(27)28)6-25(10-3-4-10)16(11)22-17/h5-6,10H,3-4,7-9,21H2,1-2H3,(H,27,28)/t19-/m1/s1. The maximum absolute atomic E-state index is 15.1. The Labute approximate surface area is 170 Å². The summed E-state index contributed by atoms with van der Waals surface area (Å²) < 4.78 is 21.3. The van der Waals surface area contributed by atoms with Gasteiger partial charge < -0.3 is 29.9 Å². The van der Waals surface area contributed by atoms with Crippen molar-refractivity contribution in [3.05, 3.63) is 28.3 Å². The van der Waals surface area contributed by atoms with Gasteiger partial charge in [-0.3, -0.25) is 4.79 Å². The minimum Gasteiger partial charge on any atom is -0.449 e. The number of carboxylic acid groups (broad SMARTS) is 1. The summed E-state index contributed by atoms with van der Waals surface area (Å²) in [6.07, 6.45) is 1.41. The van der Waals surface area contributed by atoms with Gasteiger partial charge in [-0.25, -0.2) is 14.2 Å². The molecule has 1 aliphatic carbocycles. The van der Waals surface area contributed by atoms with E-state index in [0.717, 1.165) is 18.9 Å². The lowest BCUT2D eigenvalue weighted by Crippen LogP contribution is -2.36. The van der Waals surface area contributed by atoms with Gasteiger partial charge in [-0.15, -0.1) is 0 Å². The van der Waals surface area contributed by atoms with E-state index in [1.807, 2.05) is 6.92 Å². The van der Waals surface area contributed by atoms with Crippen molar-refractivity contribution in [3.63, 3.8) is 0 Å². The van der Waals surface area contributed by atoms with Crippen molar-refractivity contribution >= 4 is 28.7 Å². The van der Waals surface area contributed by atoms with E-state index in [2.05, 4.69) is 14.9 Å². The molecule has 0 amide bonds. The van der Waals surface area contributed by atoms with Crippen LogP contribution in [-0.2, 0) is 4.84 Å². The highest BCUT2D eigenvalue weighted by Crippen LogP contribution is 2.38. The SMILES string of the molecule is CON=C1CN(c2nc3c(cc2F)c(=O)c(OC(=O)O)cn3C2CC2)C[C@@]1(C)CN. The third-order valence-electron chi connectivity index (χ3n) is 5.57. The van der Waals surface area contributed by atoms with Gasteiger partial charge in [0.1, 0.15) is 12.8 Å². The van der Waals surface area contributed by atoms with E-state index in [1.165, 1.54) is 13.3 Å². The maximum atomic E-state index is 15.1. The monoisotopic (exact) mass is 419 g/mol. The fourth-order valence-corrected chi connectivity index (χ4v) is 3.75. The van der Waals surface area contributed by atoms with E-state index in [4.69, 9.17) is 15.7 Å². The molecule has 0 bridgehead atoms. The highest BCUT2D eigenvalue weighted by Gasteiger charge is 2.41. The summed E-state index contributed by atoms with van der Waals surface area (Å²) in [5.74, 6) is -1.00. The van der Waals surface area contributed by atoms with Crippen LogP contribution in [0.25, 0.3) is 11.0 Å². The molecule has 1 atom stereocenters. The Hall–Kier alpha value is -3.21. The highest BCUT2D eigenvalue weighted by atomic mass is 19.1. The maximum Gasteiger partial charge on any atom is 0.511 e. The molecule has 0 aromatic carbocycles. The molecule has 2 aromatic heterocycles. The van der Waals surface area contributed by atoms with Crippen molar-refractivity contribution in [2.45, 2.75) is 25.8 Å². The number of rotatable bonds is 5. The normalized spacial score (nSPS) is 22.7. The van der Waals surface area contributed by atoms with E-state index in [1.54, 1.807) is 9.47 Å². The predicted molar refractivity (Wildman–Crippen MR) is 107 cm³/mol. The number of carbonyl (C=O) groups is 1. The molecule has 160 valence electrons. The van der Waals surface area contributed by atoms with Crippen LogP contribution >= 0.6 is 0 Å². The van der Waals surface area contributed by atoms with Crippen molar-refractivity contribution in [1.29, 1.82) is 0 Å². The van der Waals surface area contributed by atoms with Crippen LogP contribution in [0.5, 0.6) is 5.75 Å². The van der Waals surface area contributed by atoms with Gasteiger partial charge in [0.05, 0.1) is 23.8 Å². The van der Waals surface area contributed by atoms with E-state index < -0.39 is 22.8 Å². The zero-order valence-electron chi connectivity index (χ0n) is 16.6. The fraction of sp³-hybridized carbons (Fsp3) is 0.474. The molecule has 0 spiro atoms. The number of hydrogen-bond donors (Lipinski definition) is 2. The largest absolute Gasteiger partial charge is 0.511 e. The molecule has 11 heteroatoms. The zero-order valence-corrected chi connectivity index (χ0v) is 16.6. The lowest BCUT2D eigenvalue weighted by molar-refractivity contribution is 0.143. The van der Waals surface area contributed by atoms with Crippen LogP contribution in [0.2, 0.25) is 0 Å². The lowest BCUT2D eigenvalue weighted by Gasteiger charge is -2.23. The number of hydrogen-bond acceptors (Lipinski definition) is 8. The van der Waals surface area contributed by atoms with Gasteiger partial charge in [0.25, 0.3) is 0 Å². The molecular formula is C19H22FN5O5. The second kappa shape index (κ2) is 7.24. The quantitative estimate of drug-likeness (QED) is 0.553. The molecule has 1 aliphatic heterocycles. The Kier molecular flexibility index (Phi) is 4.85. The predicted octanol–water partition coefficient (Wildman–Crippen LogP) is 1.71.